The average molecular weight is 407 g/mol. The summed E-state index contributed by atoms with van der Waals surface area (Å²) in [4.78, 5) is 20.1. The van der Waals surface area contributed by atoms with Crippen LogP contribution >= 0.6 is 0 Å². The summed E-state index contributed by atoms with van der Waals surface area (Å²) in [6, 6.07) is 2.23. The van der Waals surface area contributed by atoms with Gasteiger partial charge in [0, 0.05) is 19.3 Å². The minimum absolute atomic E-state index is 0.354. The summed E-state index contributed by atoms with van der Waals surface area (Å²) >= 11 is 0. The van der Waals surface area contributed by atoms with Crippen molar-refractivity contribution in [3.05, 3.63) is 36.7 Å². The Morgan fingerprint density at radius 1 is 1.20 bits per heavy atom. The van der Waals surface area contributed by atoms with Crippen molar-refractivity contribution in [2.45, 2.75) is 32.2 Å². The molecule has 3 aromatic rings. The quantitative estimate of drug-likeness (QED) is 0.667. The molecule has 1 aliphatic heterocycles. The molecule has 9 heteroatoms. The average Bonchev–Trinajstić information content (AvgIpc) is 3.48. The molecule has 30 heavy (non-hydrogen) atoms. The van der Waals surface area contributed by atoms with Gasteiger partial charge in [-0.05, 0) is 19.3 Å². The van der Waals surface area contributed by atoms with Crippen molar-refractivity contribution in [3.8, 4) is 17.3 Å². The molecule has 0 saturated heterocycles. The first-order chi connectivity index (χ1) is 14.6. The molecule has 2 aliphatic rings. The topological polar surface area (TPSA) is 90.2 Å². The van der Waals surface area contributed by atoms with Crippen LogP contribution in [0.1, 0.15) is 25.0 Å². The normalized spacial score (nSPS) is 18.0. The van der Waals surface area contributed by atoms with Crippen LogP contribution in [-0.4, -0.2) is 51.3 Å². The minimum Gasteiger partial charge on any atom is -0.493 e. The van der Waals surface area contributed by atoms with E-state index < -0.39 is 0 Å². The van der Waals surface area contributed by atoms with Crippen molar-refractivity contribution < 1.29 is 9.47 Å². The predicted molar refractivity (Wildman–Crippen MR) is 113 cm³/mol. The largest absolute Gasteiger partial charge is 0.493 e. The molecule has 4 heterocycles. The summed E-state index contributed by atoms with van der Waals surface area (Å²) in [6.07, 6.45) is 10.9. The van der Waals surface area contributed by atoms with Gasteiger partial charge >= 0.3 is 0 Å². The van der Waals surface area contributed by atoms with E-state index >= 15 is 0 Å². The Hall–Kier alpha value is -3.36. The molecule has 0 bridgehead atoms. The van der Waals surface area contributed by atoms with Gasteiger partial charge in [-0.25, -0.2) is 15.0 Å². The van der Waals surface area contributed by atoms with Crippen LogP contribution in [-0.2, 0) is 0 Å². The van der Waals surface area contributed by atoms with Crippen LogP contribution in [0.25, 0.3) is 5.82 Å². The Bertz CT molecular complexity index is 1060. The number of nitrogens with zero attached hydrogens (tertiary/aromatic N) is 6. The Kier molecular flexibility index (Phi) is 4.65. The van der Waals surface area contributed by atoms with Crippen LogP contribution in [0, 0.1) is 12.8 Å². The van der Waals surface area contributed by atoms with Crippen LogP contribution in [0.4, 0.5) is 17.5 Å². The van der Waals surface area contributed by atoms with Gasteiger partial charge in [-0.1, -0.05) is 12.8 Å². The van der Waals surface area contributed by atoms with Crippen molar-refractivity contribution in [2.24, 2.45) is 5.92 Å². The third-order valence-corrected chi connectivity index (χ3v) is 5.62. The maximum Gasteiger partial charge on any atom is 0.229 e. The van der Waals surface area contributed by atoms with Crippen LogP contribution in [0.15, 0.2) is 31.0 Å². The zero-order chi connectivity index (χ0) is 20.7. The third kappa shape index (κ3) is 3.62. The van der Waals surface area contributed by atoms with E-state index in [0.717, 1.165) is 35.3 Å². The van der Waals surface area contributed by atoms with E-state index in [1.54, 1.807) is 25.8 Å². The standard InChI is InChI=1S/C21H25N7O2/c1-13-10-28(12-24-13)19-17(29-3)7-15(8-22-19)25-21-23-9-18-20(26-21)27(2)16(11-30-18)6-14-4-5-14/h7-10,12,14,16H,4-6,11H2,1-3H3,(H,23,25,26). The van der Waals surface area contributed by atoms with Crippen molar-refractivity contribution in [1.29, 1.82) is 0 Å². The zero-order valence-electron chi connectivity index (χ0n) is 17.4. The number of hydrogen-bond donors (Lipinski definition) is 1. The Balaban J connectivity index is 1.37. The highest BCUT2D eigenvalue weighted by molar-refractivity contribution is 5.62. The van der Waals surface area contributed by atoms with E-state index in [1.165, 1.54) is 12.8 Å². The number of aromatic nitrogens is 5. The summed E-state index contributed by atoms with van der Waals surface area (Å²) in [5, 5.41) is 3.23. The molecule has 1 fully saturated rings. The lowest BCUT2D eigenvalue weighted by Crippen LogP contribution is -2.41. The lowest BCUT2D eigenvalue weighted by Gasteiger charge is -2.34. The van der Waals surface area contributed by atoms with E-state index in [9.17, 15) is 0 Å². The molecule has 1 N–H and O–H groups in total. The number of rotatable bonds is 6. The van der Waals surface area contributed by atoms with Gasteiger partial charge in [0.1, 0.15) is 12.9 Å². The fourth-order valence-corrected chi connectivity index (χ4v) is 3.73. The lowest BCUT2D eigenvalue weighted by molar-refractivity contribution is 0.252. The molecule has 0 aromatic carbocycles. The van der Waals surface area contributed by atoms with Crippen LogP contribution in [0.5, 0.6) is 11.5 Å². The number of methoxy groups -OCH3 is 1. The number of imidazole rings is 1. The number of anilines is 3. The Morgan fingerprint density at radius 3 is 2.80 bits per heavy atom. The maximum absolute atomic E-state index is 5.91. The molecule has 1 unspecified atom stereocenters. The zero-order valence-corrected chi connectivity index (χ0v) is 17.4. The molecule has 1 aliphatic carbocycles. The van der Waals surface area contributed by atoms with Crippen molar-refractivity contribution in [3.63, 3.8) is 0 Å². The van der Waals surface area contributed by atoms with E-state index in [1.807, 2.05) is 23.8 Å². The van der Waals surface area contributed by atoms with Gasteiger partial charge < -0.3 is 19.7 Å². The summed E-state index contributed by atoms with van der Waals surface area (Å²) < 4.78 is 13.3. The number of aryl methyl sites for hydroxylation is 1. The van der Waals surface area contributed by atoms with Crippen LogP contribution < -0.4 is 19.7 Å². The molecule has 9 nitrogen and oxygen atoms in total. The first kappa shape index (κ1) is 18.7. The number of fused-ring (bicyclic) bond motifs is 1. The summed E-state index contributed by atoms with van der Waals surface area (Å²) in [5.74, 6) is 4.16. The molecule has 156 valence electrons. The maximum atomic E-state index is 5.91. The van der Waals surface area contributed by atoms with Gasteiger partial charge in [0.2, 0.25) is 5.95 Å². The van der Waals surface area contributed by atoms with Gasteiger partial charge in [-0.15, -0.1) is 0 Å². The minimum atomic E-state index is 0.354. The number of likely N-dealkylation sites (N-methyl/N-ethyl adjacent to an activating group) is 1. The second-order valence-electron chi connectivity index (χ2n) is 7.93. The van der Waals surface area contributed by atoms with Crippen molar-refractivity contribution in [1.82, 2.24) is 24.5 Å². The third-order valence-electron chi connectivity index (χ3n) is 5.62. The smallest absolute Gasteiger partial charge is 0.229 e. The monoisotopic (exact) mass is 407 g/mol. The second kappa shape index (κ2) is 7.47. The first-order valence-electron chi connectivity index (χ1n) is 10.2. The molecule has 1 atom stereocenters. The fourth-order valence-electron chi connectivity index (χ4n) is 3.73. The molecular formula is C21H25N7O2. The van der Waals surface area contributed by atoms with Gasteiger partial charge in [0.05, 0.1) is 36.9 Å². The summed E-state index contributed by atoms with van der Waals surface area (Å²) in [7, 11) is 3.70. The van der Waals surface area contributed by atoms with E-state index in [-0.39, 0.29) is 0 Å². The fraction of sp³-hybridized carbons (Fsp3) is 0.429. The first-order valence-corrected chi connectivity index (χ1v) is 10.2. The van der Waals surface area contributed by atoms with Crippen molar-refractivity contribution >= 4 is 17.5 Å². The Morgan fingerprint density at radius 2 is 2.07 bits per heavy atom. The molecule has 1 saturated carbocycles. The van der Waals surface area contributed by atoms with Gasteiger partial charge in [0.15, 0.2) is 23.1 Å². The second-order valence-corrected chi connectivity index (χ2v) is 7.93. The SMILES string of the molecule is COc1cc(Nc2ncc3c(n2)N(C)C(CC2CC2)CO3)cnc1-n1cnc(C)c1. The number of hydrogen-bond acceptors (Lipinski definition) is 8. The number of nitrogens with one attached hydrogen (secondary N) is 1. The lowest BCUT2D eigenvalue weighted by atomic mass is 10.1. The van der Waals surface area contributed by atoms with Crippen molar-refractivity contribution in [2.75, 3.05) is 31.0 Å². The van der Waals surface area contributed by atoms with Gasteiger partial charge in [-0.3, -0.25) is 4.57 Å². The van der Waals surface area contributed by atoms with Gasteiger partial charge in [-0.2, -0.15) is 4.98 Å². The summed E-state index contributed by atoms with van der Waals surface area (Å²) in [5.41, 5.74) is 1.65. The highest BCUT2D eigenvalue weighted by atomic mass is 16.5. The van der Waals surface area contributed by atoms with Crippen LogP contribution in [0.2, 0.25) is 0 Å². The van der Waals surface area contributed by atoms with E-state index in [4.69, 9.17) is 14.5 Å². The van der Waals surface area contributed by atoms with Crippen LogP contribution in [0.3, 0.4) is 0 Å². The molecule has 0 radical (unpaired) electrons. The number of ether oxygens (including phenoxy) is 2. The molecular weight excluding hydrogens is 382 g/mol. The van der Waals surface area contributed by atoms with E-state index in [2.05, 4.69) is 32.2 Å². The molecule has 5 rings (SSSR count). The molecule has 3 aromatic heterocycles. The summed E-state index contributed by atoms with van der Waals surface area (Å²) in [6.45, 7) is 2.62. The number of pyridine rings is 1. The highest BCUT2D eigenvalue weighted by Gasteiger charge is 2.32. The Labute approximate surface area is 175 Å². The predicted octanol–water partition coefficient (Wildman–Crippen LogP) is 3.12. The highest BCUT2D eigenvalue weighted by Crippen LogP contribution is 2.39. The molecule has 0 spiro atoms. The van der Waals surface area contributed by atoms with E-state index in [0.29, 0.717) is 30.2 Å². The molecule has 0 amide bonds. The van der Waals surface area contributed by atoms with Gasteiger partial charge in [0.25, 0.3) is 0 Å².